The molecule has 0 saturated carbocycles. The third-order valence-corrected chi connectivity index (χ3v) is 4.72. The predicted octanol–water partition coefficient (Wildman–Crippen LogP) is 4.81. The van der Waals surface area contributed by atoms with E-state index in [4.69, 9.17) is 16.3 Å². The van der Waals surface area contributed by atoms with Crippen molar-refractivity contribution in [2.24, 2.45) is 11.3 Å². The van der Waals surface area contributed by atoms with Crippen LogP contribution in [0.2, 0.25) is 5.02 Å². The molecule has 2 rings (SSSR count). The van der Waals surface area contributed by atoms with Gasteiger partial charge in [0, 0.05) is 22.4 Å². The second kappa shape index (κ2) is 8.03. The average Bonchev–Trinajstić information content (AvgIpc) is 2.55. The third kappa shape index (κ3) is 4.83. The summed E-state index contributed by atoms with van der Waals surface area (Å²) in [4.78, 5) is 11.9. The van der Waals surface area contributed by atoms with Crippen LogP contribution in [0.25, 0.3) is 6.08 Å². The average molecular weight is 361 g/mol. The lowest BCUT2D eigenvalue weighted by Gasteiger charge is -2.38. The maximum absolute atomic E-state index is 11.9. The lowest BCUT2D eigenvalue weighted by atomic mass is 9.69. The van der Waals surface area contributed by atoms with Gasteiger partial charge in [-0.3, -0.25) is 0 Å². The molecule has 1 aromatic rings. The van der Waals surface area contributed by atoms with E-state index in [1.807, 2.05) is 57.2 Å². The van der Waals surface area contributed by atoms with Crippen molar-refractivity contribution in [3.63, 3.8) is 0 Å². The van der Waals surface area contributed by atoms with Crippen molar-refractivity contribution in [1.82, 2.24) is 0 Å². The summed E-state index contributed by atoms with van der Waals surface area (Å²) in [6, 6.07) is 7.59. The number of ether oxygens (including phenoxy) is 1. The SMILES string of the molecule is CCOC(=O)/C=C1/C(C)C(/C=C/c2ccc(Cl)cc2)=CC(C)(C)C1O. The molecule has 25 heavy (non-hydrogen) atoms. The minimum Gasteiger partial charge on any atom is -0.463 e. The normalized spacial score (nSPS) is 24.4. The van der Waals surface area contributed by atoms with E-state index in [0.29, 0.717) is 17.2 Å². The highest BCUT2D eigenvalue weighted by Gasteiger charge is 2.37. The van der Waals surface area contributed by atoms with E-state index in [0.717, 1.165) is 11.1 Å². The maximum Gasteiger partial charge on any atom is 0.330 e. The summed E-state index contributed by atoms with van der Waals surface area (Å²) < 4.78 is 5.01. The molecule has 0 bridgehead atoms. The van der Waals surface area contributed by atoms with Crippen molar-refractivity contribution in [2.75, 3.05) is 6.61 Å². The molecule has 0 amide bonds. The fourth-order valence-corrected chi connectivity index (χ4v) is 3.10. The van der Waals surface area contributed by atoms with Gasteiger partial charge >= 0.3 is 5.97 Å². The molecule has 0 aromatic heterocycles. The molecule has 1 N–H and O–H groups in total. The van der Waals surface area contributed by atoms with Gasteiger partial charge in [-0.15, -0.1) is 0 Å². The molecule has 0 radical (unpaired) electrons. The highest BCUT2D eigenvalue weighted by atomic mass is 35.5. The first-order valence-corrected chi connectivity index (χ1v) is 8.85. The van der Waals surface area contributed by atoms with E-state index in [2.05, 4.69) is 6.08 Å². The molecule has 0 aliphatic heterocycles. The molecule has 3 nitrogen and oxygen atoms in total. The van der Waals surface area contributed by atoms with Crippen LogP contribution >= 0.6 is 11.6 Å². The largest absolute Gasteiger partial charge is 0.463 e. The number of carbonyl (C=O) groups excluding carboxylic acids is 1. The Hall–Kier alpha value is -1.84. The molecule has 0 spiro atoms. The number of aliphatic hydroxyl groups excluding tert-OH is 1. The molecule has 0 fully saturated rings. The fourth-order valence-electron chi connectivity index (χ4n) is 2.98. The van der Waals surface area contributed by atoms with Crippen LogP contribution in [-0.4, -0.2) is 23.8 Å². The van der Waals surface area contributed by atoms with Crippen LogP contribution in [0.3, 0.4) is 0 Å². The van der Waals surface area contributed by atoms with Crippen molar-refractivity contribution in [3.8, 4) is 0 Å². The van der Waals surface area contributed by atoms with Gasteiger partial charge in [0.25, 0.3) is 0 Å². The van der Waals surface area contributed by atoms with Crippen molar-refractivity contribution in [3.05, 3.63) is 64.2 Å². The molecule has 0 saturated heterocycles. The summed E-state index contributed by atoms with van der Waals surface area (Å²) in [5, 5.41) is 11.4. The minimum absolute atomic E-state index is 0.0732. The number of benzene rings is 1. The van der Waals surface area contributed by atoms with Crippen LogP contribution in [0.4, 0.5) is 0 Å². The molecule has 1 aromatic carbocycles. The molecule has 2 unspecified atom stereocenters. The Morgan fingerprint density at radius 2 is 1.92 bits per heavy atom. The van der Waals surface area contributed by atoms with Crippen molar-refractivity contribution < 1.29 is 14.6 Å². The Morgan fingerprint density at radius 1 is 1.28 bits per heavy atom. The first kappa shape index (κ1) is 19.5. The van der Waals surface area contributed by atoms with Crippen molar-refractivity contribution >= 4 is 23.6 Å². The zero-order valence-corrected chi connectivity index (χ0v) is 15.9. The Morgan fingerprint density at radius 3 is 2.52 bits per heavy atom. The van der Waals surface area contributed by atoms with Crippen LogP contribution < -0.4 is 0 Å². The molecular formula is C21H25ClO3. The van der Waals surface area contributed by atoms with Crippen molar-refractivity contribution in [1.29, 1.82) is 0 Å². The topological polar surface area (TPSA) is 46.5 Å². The van der Waals surface area contributed by atoms with Gasteiger partial charge in [-0.05, 0) is 35.8 Å². The highest BCUT2D eigenvalue weighted by molar-refractivity contribution is 6.30. The van der Waals surface area contributed by atoms with Gasteiger partial charge in [0.15, 0.2) is 0 Å². The number of carbonyl (C=O) groups is 1. The monoisotopic (exact) mass is 360 g/mol. The molecule has 0 heterocycles. The van der Waals surface area contributed by atoms with Crippen LogP contribution in [0.5, 0.6) is 0 Å². The lowest BCUT2D eigenvalue weighted by molar-refractivity contribution is -0.137. The molecule has 2 atom stereocenters. The van der Waals surface area contributed by atoms with Gasteiger partial charge in [0.2, 0.25) is 0 Å². The van der Waals surface area contributed by atoms with Crippen LogP contribution in [0.15, 0.2) is 53.6 Å². The van der Waals surface area contributed by atoms with Gasteiger partial charge in [-0.1, -0.05) is 62.7 Å². The molecule has 4 heteroatoms. The summed E-state index contributed by atoms with van der Waals surface area (Å²) in [6.45, 7) is 7.98. The summed E-state index contributed by atoms with van der Waals surface area (Å²) in [5.74, 6) is -0.488. The summed E-state index contributed by atoms with van der Waals surface area (Å²) >= 11 is 5.92. The van der Waals surface area contributed by atoms with Gasteiger partial charge in [0.1, 0.15) is 0 Å². The van der Waals surface area contributed by atoms with E-state index in [9.17, 15) is 9.90 Å². The van der Waals surface area contributed by atoms with Crippen LogP contribution in [0, 0.1) is 11.3 Å². The number of hydrogen-bond donors (Lipinski definition) is 1. The number of esters is 1. The first-order chi connectivity index (χ1) is 11.7. The Bertz CT molecular complexity index is 711. The van der Waals surface area contributed by atoms with Gasteiger partial charge < -0.3 is 9.84 Å². The molecular weight excluding hydrogens is 336 g/mol. The second-order valence-electron chi connectivity index (χ2n) is 6.87. The molecule has 1 aliphatic rings. The van der Waals surface area contributed by atoms with E-state index in [1.165, 1.54) is 6.08 Å². The van der Waals surface area contributed by atoms with Gasteiger partial charge in [0.05, 0.1) is 12.7 Å². The third-order valence-electron chi connectivity index (χ3n) is 4.47. The Kier molecular flexibility index (Phi) is 6.26. The van der Waals surface area contributed by atoms with Gasteiger partial charge in [-0.2, -0.15) is 0 Å². The van der Waals surface area contributed by atoms with Crippen LogP contribution in [0.1, 0.15) is 33.3 Å². The Labute approximate surface area is 154 Å². The van der Waals surface area contributed by atoms with E-state index in [1.54, 1.807) is 6.92 Å². The predicted molar refractivity (Wildman–Crippen MR) is 102 cm³/mol. The zero-order chi connectivity index (χ0) is 18.6. The smallest absolute Gasteiger partial charge is 0.330 e. The summed E-state index contributed by atoms with van der Waals surface area (Å²) in [6.07, 6.45) is 6.82. The Balaban J connectivity index is 2.33. The minimum atomic E-state index is -0.723. The fraction of sp³-hybridized carbons (Fsp3) is 0.381. The number of halogens is 1. The van der Waals surface area contributed by atoms with E-state index in [-0.39, 0.29) is 5.92 Å². The summed E-state index contributed by atoms with van der Waals surface area (Å²) in [7, 11) is 0. The molecule has 134 valence electrons. The summed E-state index contributed by atoms with van der Waals surface area (Å²) in [5.41, 5.74) is 2.31. The number of aliphatic hydroxyl groups is 1. The quantitative estimate of drug-likeness (QED) is 0.619. The highest BCUT2D eigenvalue weighted by Crippen LogP contribution is 2.41. The van der Waals surface area contributed by atoms with Gasteiger partial charge in [-0.25, -0.2) is 4.79 Å². The van der Waals surface area contributed by atoms with E-state index >= 15 is 0 Å². The number of allylic oxidation sites excluding steroid dienone is 2. The van der Waals surface area contributed by atoms with Crippen molar-refractivity contribution in [2.45, 2.75) is 33.8 Å². The maximum atomic E-state index is 11.9. The van der Waals surface area contributed by atoms with Crippen LogP contribution in [-0.2, 0) is 9.53 Å². The first-order valence-electron chi connectivity index (χ1n) is 8.47. The molecule has 1 aliphatic carbocycles. The number of rotatable bonds is 4. The van der Waals surface area contributed by atoms with E-state index < -0.39 is 17.5 Å². The second-order valence-corrected chi connectivity index (χ2v) is 7.31. The standard InChI is InChI=1S/C21H25ClO3/c1-5-25-19(23)12-18-14(2)16(13-21(3,4)20(18)24)9-6-15-7-10-17(22)11-8-15/h6-14,20,24H,5H2,1-4H3/b9-6+,18-12-. The lowest BCUT2D eigenvalue weighted by Crippen LogP contribution is -2.36. The zero-order valence-electron chi connectivity index (χ0n) is 15.1. The number of hydrogen-bond acceptors (Lipinski definition) is 3.